The molecule has 0 aromatic carbocycles. The van der Waals surface area contributed by atoms with Crippen LogP contribution in [0.5, 0.6) is 0 Å². The Hall–Kier alpha value is -1.42. The molecule has 1 amide bonds. The van der Waals surface area contributed by atoms with Crippen molar-refractivity contribution in [1.29, 1.82) is 0 Å². The second-order valence-corrected chi connectivity index (χ2v) is 6.35. The van der Waals surface area contributed by atoms with E-state index < -0.39 is 0 Å². The maximum absolute atomic E-state index is 12.7. The molecule has 21 heavy (non-hydrogen) atoms. The minimum atomic E-state index is 0.238. The van der Waals surface area contributed by atoms with E-state index in [-0.39, 0.29) is 5.91 Å². The number of fused-ring (bicyclic) bond motifs is 2. The number of rotatable bonds is 5. The first-order valence-electron chi connectivity index (χ1n) is 8.21. The molecule has 0 aliphatic carbocycles. The fraction of sp³-hybridized carbons (Fsp3) is 0.647. The largest absolute Gasteiger partial charge is 0.339 e. The zero-order chi connectivity index (χ0) is 14.7. The molecule has 2 saturated heterocycles. The van der Waals surface area contributed by atoms with E-state index in [1.807, 2.05) is 18.2 Å². The molecule has 2 aliphatic rings. The number of carbonyl (C=O) groups is 1. The van der Waals surface area contributed by atoms with Gasteiger partial charge >= 0.3 is 0 Å². The third-order valence-electron chi connectivity index (χ3n) is 4.73. The van der Waals surface area contributed by atoms with Crippen molar-refractivity contribution in [3.05, 3.63) is 30.1 Å². The molecular weight excluding hydrogens is 262 g/mol. The molecule has 2 unspecified atom stereocenters. The number of hydrogen-bond acceptors (Lipinski definition) is 3. The minimum Gasteiger partial charge on any atom is -0.339 e. The fourth-order valence-electron chi connectivity index (χ4n) is 3.79. The Balaban J connectivity index is 1.67. The number of piperidine rings is 1. The Bertz CT molecular complexity index is 464. The number of nitrogens with zero attached hydrogens (tertiary/aromatic N) is 2. The van der Waals surface area contributed by atoms with E-state index in [0.29, 0.717) is 24.5 Å². The van der Waals surface area contributed by atoms with Crippen LogP contribution >= 0.6 is 0 Å². The molecule has 0 radical (unpaired) electrons. The van der Waals surface area contributed by atoms with Crippen LogP contribution in [-0.4, -0.2) is 40.5 Å². The molecule has 4 nitrogen and oxygen atoms in total. The lowest BCUT2D eigenvalue weighted by atomic mass is 9.97. The molecule has 114 valence electrons. The highest BCUT2D eigenvalue weighted by Gasteiger charge is 2.37. The molecule has 2 bridgehead atoms. The maximum atomic E-state index is 12.7. The summed E-state index contributed by atoms with van der Waals surface area (Å²) < 4.78 is 0. The van der Waals surface area contributed by atoms with Crippen molar-refractivity contribution in [2.24, 2.45) is 0 Å². The number of pyridine rings is 1. The average Bonchev–Trinajstić information content (AvgIpc) is 2.84. The second kappa shape index (κ2) is 6.56. The standard InChI is InChI=1S/C17H25N3O/c1-2-9-20(16-10-14-6-7-15(11-16)19-14)17(21)12-13-5-3-4-8-18-13/h3-5,8,14-16,19H,2,6-7,9-12H2,1H3. The highest BCUT2D eigenvalue weighted by atomic mass is 16.2. The lowest BCUT2D eigenvalue weighted by Crippen LogP contribution is -2.50. The summed E-state index contributed by atoms with van der Waals surface area (Å²) in [5, 5.41) is 3.66. The van der Waals surface area contributed by atoms with Gasteiger partial charge in [-0.2, -0.15) is 0 Å². The highest BCUT2D eigenvalue weighted by Crippen LogP contribution is 2.30. The van der Waals surface area contributed by atoms with E-state index in [2.05, 4.69) is 22.1 Å². The van der Waals surface area contributed by atoms with E-state index in [1.165, 1.54) is 12.8 Å². The van der Waals surface area contributed by atoms with Crippen molar-refractivity contribution in [2.75, 3.05) is 6.54 Å². The van der Waals surface area contributed by atoms with Gasteiger partial charge in [-0.1, -0.05) is 13.0 Å². The molecule has 1 aromatic heterocycles. The number of amides is 1. The van der Waals surface area contributed by atoms with Gasteiger partial charge in [-0.25, -0.2) is 0 Å². The number of nitrogens with one attached hydrogen (secondary N) is 1. The van der Waals surface area contributed by atoms with Crippen LogP contribution < -0.4 is 5.32 Å². The Morgan fingerprint density at radius 3 is 2.71 bits per heavy atom. The predicted molar refractivity (Wildman–Crippen MR) is 82.9 cm³/mol. The highest BCUT2D eigenvalue weighted by molar-refractivity contribution is 5.78. The SMILES string of the molecule is CCCN(C(=O)Cc1ccccn1)C1CC2CCC(C1)N2. The zero-order valence-electron chi connectivity index (χ0n) is 12.8. The summed E-state index contributed by atoms with van der Waals surface area (Å²) in [7, 11) is 0. The molecule has 0 saturated carbocycles. The van der Waals surface area contributed by atoms with Crippen LogP contribution in [0.3, 0.4) is 0 Å². The molecule has 2 aliphatic heterocycles. The van der Waals surface area contributed by atoms with Gasteiger partial charge in [0, 0.05) is 36.6 Å². The van der Waals surface area contributed by atoms with Crippen LogP contribution in [0, 0.1) is 0 Å². The normalized spacial score (nSPS) is 27.6. The van der Waals surface area contributed by atoms with E-state index in [9.17, 15) is 4.79 Å². The van der Waals surface area contributed by atoms with E-state index in [1.54, 1.807) is 6.20 Å². The topological polar surface area (TPSA) is 45.2 Å². The van der Waals surface area contributed by atoms with E-state index >= 15 is 0 Å². The van der Waals surface area contributed by atoms with Gasteiger partial charge in [0.25, 0.3) is 0 Å². The maximum Gasteiger partial charge on any atom is 0.228 e. The van der Waals surface area contributed by atoms with Crippen LogP contribution in [-0.2, 0) is 11.2 Å². The molecule has 1 aromatic rings. The van der Waals surface area contributed by atoms with Crippen molar-refractivity contribution in [2.45, 2.75) is 63.6 Å². The third-order valence-corrected chi connectivity index (χ3v) is 4.73. The van der Waals surface area contributed by atoms with E-state index in [4.69, 9.17) is 0 Å². The third kappa shape index (κ3) is 3.43. The predicted octanol–water partition coefficient (Wildman–Crippen LogP) is 2.15. The summed E-state index contributed by atoms with van der Waals surface area (Å²) in [5.41, 5.74) is 0.875. The van der Waals surface area contributed by atoms with Gasteiger partial charge in [0.2, 0.25) is 5.91 Å². The van der Waals surface area contributed by atoms with Crippen LogP contribution in [0.2, 0.25) is 0 Å². The van der Waals surface area contributed by atoms with Crippen LogP contribution in [0.4, 0.5) is 0 Å². The zero-order valence-corrected chi connectivity index (χ0v) is 12.8. The van der Waals surface area contributed by atoms with Crippen molar-refractivity contribution < 1.29 is 4.79 Å². The summed E-state index contributed by atoms with van der Waals surface area (Å²) in [5.74, 6) is 0.238. The summed E-state index contributed by atoms with van der Waals surface area (Å²) in [6.07, 6.45) is 7.99. The summed E-state index contributed by atoms with van der Waals surface area (Å²) in [4.78, 5) is 19.1. The second-order valence-electron chi connectivity index (χ2n) is 6.35. The van der Waals surface area contributed by atoms with Gasteiger partial charge < -0.3 is 10.2 Å². The van der Waals surface area contributed by atoms with Crippen LogP contribution in [0.25, 0.3) is 0 Å². The van der Waals surface area contributed by atoms with Crippen molar-refractivity contribution in [1.82, 2.24) is 15.2 Å². The van der Waals surface area contributed by atoms with Gasteiger partial charge in [-0.3, -0.25) is 9.78 Å². The lowest BCUT2D eigenvalue weighted by Gasteiger charge is -2.38. The van der Waals surface area contributed by atoms with Gasteiger partial charge in [0.15, 0.2) is 0 Å². The molecule has 3 heterocycles. The molecule has 1 N–H and O–H groups in total. The Morgan fingerprint density at radius 2 is 2.10 bits per heavy atom. The summed E-state index contributed by atoms with van der Waals surface area (Å²) >= 11 is 0. The van der Waals surface area contributed by atoms with Crippen molar-refractivity contribution in [3.8, 4) is 0 Å². The lowest BCUT2D eigenvalue weighted by molar-refractivity contribution is -0.133. The average molecular weight is 287 g/mol. The smallest absolute Gasteiger partial charge is 0.228 e. The van der Waals surface area contributed by atoms with Crippen molar-refractivity contribution >= 4 is 5.91 Å². The molecule has 4 heteroatoms. The molecule has 3 rings (SSSR count). The van der Waals surface area contributed by atoms with Gasteiger partial charge in [0.1, 0.15) is 0 Å². The molecule has 2 atom stereocenters. The summed E-state index contributed by atoms with van der Waals surface area (Å²) in [6, 6.07) is 7.44. The fourth-order valence-corrected chi connectivity index (χ4v) is 3.79. The van der Waals surface area contributed by atoms with Gasteiger partial charge in [-0.15, -0.1) is 0 Å². The van der Waals surface area contributed by atoms with Gasteiger partial charge in [-0.05, 0) is 44.2 Å². The Labute approximate surface area is 126 Å². The first kappa shape index (κ1) is 14.5. The van der Waals surface area contributed by atoms with E-state index in [0.717, 1.165) is 31.5 Å². The first-order chi connectivity index (χ1) is 10.3. The number of carbonyl (C=O) groups excluding carboxylic acids is 1. The number of aromatic nitrogens is 1. The molecule has 0 spiro atoms. The number of hydrogen-bond donors (Lipinski definition) is 1. The first-order valence-corrected chi connectivity index (χ1v) is 8.21. The molecular formula is C17H25N3O. The Kier molecular flexibility index (Phi) is 4.54. The minimum absolute atomic E-state index is 0.238. The monoisotopic (exact) mass is 287 g/mol. The Morgan fingerprint density at radius 1 is 1.33 bits per heavy atom. The van der Waals surface area contributed by atoms with Crippen LogP contribution in [0.1, 0.15) is 44.7 Å². The van der Waals surface area contributed by atoms with Gasteiger partial charge in [0.05, 0.1) is 6.42 Å². The van der Waals surface area contributed by atoms with Crippen molar-refractivity contribution in [3.63, 3.8) is 0 Å². The van der Waals surface area contributed by atoms with Crippen LogP contribution in [0.15, 0.2) is 24.4 Å². The quantitative estimate of drug-likeness (QED) is 0.902. The molecule has 2 fully saturated rings. The summed E-state index contributed by atoms with van der Waals surface area (Å²) in [6.45, 7) is 3.02.